The van der Waals surface area contributed by atoms with Gasteiger partial charge in [0.25, 0.3) is 0 Å². The van der Waals surface area contributed by atoms with Crippen molar-refractivity contribution in [1.82, 2.24) is 5.32 Å². The van der Waals surface area contributed by atoms with E-state index in [-0.39, 0.29) is 15.4 Å². The van der Waals surface area contributed by atoms with Crippen LogP contribution in [0.25, 0.3) is 0 Å². The van der Waals surface area contributed by atoms with Crippen LogP contribution in [0, 0.1) is 5.92 Å². The van der Waals surface area contributed by atoms with Crippen LogP contribution in [0.3, 0.4) is 0 Å². The second-order valence-corrected chi connectivity index (χ2v) is 5.96. The first-order chi connectivity index (χ1) is 4.61. The zero-order valence-corrected chi connectivity index (χ0v) is 9.61. The maximum atomic E-state index is 12.2. The Bertz CT molecular complexity index is 151. The zero-order chi connectivity index (χ0) is 7.72. The van der Waals surface area contributed by atoms with E-state index in [1.165, 1.54) is 0 Å². The first-order valence-electron chi connectivity index (χ1n) is 3.27. The number of carbonyl (C=O) groups excluding carboxylic acids is 1. The van der Waals surface area contributed by atoms with E-state index in [1.807, 2.05) is 6.92 Å². The molecule has 1 rings (SSSR count). The van der Waals surface area contributed by atoms with E-state index in [0.717, 1.165) is 25.8 Å². The predicted octanol–water partition coefficient (Wildman–Crippen LogP) is -0.0249. The van der Waals surface area contributed by atoms with Crippen LogP contribution in [-0.4, -0.2) is 41.4 Å². The molecule has 0 heterocycles. The summed E-state index contributed by atoms with van der Waals surface area (Å²) in [4.78, 5) is 10.9. The van der Waals surface area contributed by atoms with Crippen LogP contribution in [0.15, 0.2) is 0 Å². The van der Waals surface area contributed by atoms with Crippen LogP contribution in [0.4, 0.5) is 4.39 Å². The maximum absolute atomic E-state index is 12.2. The summed E-state index contributed by atoms with van der Waals surface area (Å²) in [6.45, 7) is 1.93. The molecule has 1 amide bonds. The number of nitrogens with one attached hydrogen (secondary N) is 1. The molecule has 0 aromatic carbocycles. The number of rotatable bonds is 2. The summed E-state index contributed by atoms with van der Waals surface area (Å²) in [5, 5.41) is 2.72. The van der Waals surface area contributed by atoms with E-state index in [9.17, 15) is 9.18 Å². The molecule has 0 aliphatic heterocycles. The molecule has 10 heavy (non-hydrogen) atoms. The molecule has 4 heteroatoms. The van der Waals surface area contributed by atoms with Crippen molar-refractivity contribution in [2.75, 3.05) is 0 Å². The fourth-order valence-corrected chi connectivity index (χ4v) is 1.31. The summed E-state index contributed by atoms with van der Waals surface area (Å²) in [7, 11) is 0. The van der Waals surface area contributed by atoms with Crippen LogP contribution in [0.2, 0.25) is 0 Å². The second kappa shape index (κ2) is 3.15. The number of amides is 1. The van der Waals surface area contributed by atoms with Gasteiger partial charge in [0.15, 0.2) is 0 Å². The van der Waals surface area contributed by atoms with Gasteiger partial charge < -0.3 is 0 Å². The fraction of sp³-hybridized carbons (Fsp3) is 0.833. The molecule has 1 saturated carbocycles. The van der Waals surface area contributed by atoms with Gasteiger partial charge in [-0.15, -0.1) is 0 Å². The Morgan fingerprint density at radius 1 is 1.90 bits per heavy atom. The van der Waals surface area contributed by atoms with Crippen molar-refractivity contribution in [2.45, 2.75) is 23.1 Å². The molecule has 2 nitrogen and oxygen atoms in total. The average Bonchev–Trinajstić information content (AvgIpc) is 2.44. The van der Waals surface area contributed by atoms with Crippen molar-refractivity contribution in [3.05, 3.63) is 0 Å². The third kappa shape index (κ3) is 2.18. The van der Waals surface area contributed by atoms with Gasteiger partial charge in [-0.1, -0.05) is 0 Å². The quantitative estimate of drug-likeness (QED) is 0.705. The Morgan fingerprint density at radius 2 is 2.40 bits per heavy atom. The van der Waals surface area contributed by atoms with Crippen LogP contribution in [0.1, 0.15) is 13.3 Å². The number of alkyl halides is 1. The van der Waals surface area contributed by atoms with Gasteiger partial charge in [0.05, 0.1) is 0 Å². The van der Waals surface area contributed by atoms with E-state index in [2.05, 4.69) is 5.32 Å². The van der Waals surface area contributed by atoms with Crippen molar-refractivity contribution >= 4 is 31.7 Å². The van der Waals surface area contributed by atoms with Crippen LogP contribution in [-0.2, 0) is 4.79 Å². The average molecular weight is 337 g/mol. The fourth-order valence-electron chi connectivity index (χ4n) is 0.756. The Labute approximate surface area is 75.2 Å². The Balaban J connectivity index is 2.23. The monoisotopic (exact) mass is 338 g/mol. The Morgan fingerprint density at radius 3 is 2.70 bits per heavy atom. The van der Waals surface area contributed by atoms with Gasteiger partial charge in [-0.25, -0.2) is 0 Å². The van der Waals surface area contributed by atoms with Gasteiger partial charge in [-0.3, -0.25) is 0 Å². The summed E-state index contributed by atoms with van der Waals surface area (Å²) in [5.74, 6) is -0.425. The standard InChI is InChI=1S/C6H9FNO.Pb/c1-2-8-6(9)4-3-5(4)7;/h2,4-5H,3H2,1H3,(H,8,9);. The molecule has 0 bridgehead atoms. The SMILES string of the molecule is C[CH]([Pb])NC(=O)C1CC1F. The predicted molar refractivity (Wildman–Crippen MR) is 36.4 cm³/mol. The van der Waals surface area contributed by atoms with Crippen molar-refractivity contribution in [2.24, 2.45) is 5.92 Å². The van der Waals surface area contributed by atoms with E-state index in [4.69, 9.17) is 0 Å². The Hall–Kier alpha value is 0.322. The van der Waals surface area contributed by atoms with Crippen LogP contribution >= 0.6 is 0 Å². The van der Waals surface area contributed by atoms with Crippen molar-refractivity contribution in [3.8, 4) is 0 Å². The van der Waals surface area contributed by atoms with Crippen molar-refractivity contribution in [1.29, 1.82) is 0 Å². The second-order valence-electron chi connectivity index (χ2n) is 2.59. The molecule has 1 aliphatic carbocycles. The molecule has 1 fully saturated rings. The molecule has 0 saturated heterocycles. The molecule has 3 atom stereocenters. The van der Waals surface area contributed by atoms with E-state index >= 15 is 0 Å². The van der Waals surface area contributed by atoms with Gasteiger partial charge in [0.2, 0.25) is 0 Å². The van der Waals surface area contributed by atoms with Gasteiger partial charge in [-0.05, 0) is 0 Å². The van der Waals surface area contributed by atoms with E-state index in [1.54, 1.807) is 0 Å². The van der Waals surface area contributed by atoms with E-state index < -0.39 is 6.17 Å². The molecule has 0 spiro atoms. The van der Waals surface area contributed by atoms with Crippen LogP contribution in [0.5, 0.6) is 0 Å². The van der Waals surface area contributed by atoms with Gasteiger partial charge in [0.1, 0.15) is 0 Å². The van der Waals surface area contributed by atoms with Crippen LogP contribution < -0.4 is 5.32 Å². The minimum atomic E-state index is -0.861. The summed E-state index contributed by atoms with van der Waals surface area (Å²) >= 11 is 0.929. The molecule has 3 unspecified atom stereocenters. The van der Waals surface area contributed by atoms with Crippen molar-refractivity contribution < 1.29 is 9.18 Å². The molecule has 0 aromatic heterocycles. The number of hydrogen-bond acceptors (Lipinski definition) is 1. The number of halogens is 1. The van der Waals surface area contributed by atoms with Gasteiger partial charge in [-0.2, -0.15) is 0 Å². The third-order valence-electron chi connectivity index (χ3n) is 1.41. The van der Waals surface area contributed by atoms with E-state index in [0.29, 0.717) is 6.42 Å². The molecule has 0 aromatic rings. The first-order valence-corrected chi connectivity index (χ1v) is 5.51. The Kier molecular flexibility index (Phi) is 2.65. The molecule has 55 valence electrons. The molecule has 3 radical (unpaired) electrons. The minimum absolute atomic E-state index is 0.102. The summed E-state index contributed by atoms with van der Waals surface area (Å²) in [6.07, 6.45) is -0.430. The normalized spacial score (nSPS) is 33.1. The molecule has 1 aliphatic rings. The number of hydrogen-bond donors (Lipinski definition) is 1. The third-order valence-corrected chi connectivity index (χ3v) is 1.97. The van der Waals surface area contributed by atoms with Gasteiger partial charge >= 0.3 is 75.2 Å². The first kappa shape index (κ1) is 8.42. The van der Waals surface area contributed by atoms with Crippen molar-refractivity contribution in [3.63, 3.8) is 0 Å². The summed E-state index contributed by atoms with van der Waals surface area (Å²) in [6, 6.07) is 0. The summed E-state index contributed by atoms with van der Waals surface area (Å²) < 4.78 is 12.5. The summed E-state index contributed by atoms with van der Waals surface area (Å²) in [5.41, 5.74) is 0. The molecule has 1 N–H and O–H groups in total. The topological polar surface area (TPSA) is 29.1 Å². The zero-order valence-electron chi connectivity index (χ0n) is 5.73. The molecular formula is C6H9FNOPb. The van der Waals surface area contributed by atoms with Gasteiger partial charge in [0, 0.05) is 0 Å². The molecular weight excluding hydrogens is 328 g/mol. The number of carbonyl (C=O) groups is 1.